The second-order valence-electron chi connectivity index (χ2n) is 5.79. The van der Waals surface area contributed by atoms with E-state index in [1.165, 1.54) is 18.3 Å². The van der Waals surface area contributed by atoms with Crippen LogP contribution < -0.4 is 11.5 Å². The van der Waals surface area contributed by atoms with Crippen molar-refractivity contribution in [2.24, 2.45) is 5.73 Å². The maximum absolute atomic E-state index is 13.1. The van der Waals surface area contributed by atoms with Gasteiger partial charge in [-0.2, -0.15) is 13.2 Å². The summed E-state index contributed by atoms with van der Waals surface area (Å²) in [6.07, 6.45) is -3.01. The summed E-state index contributed by atoms with van der Waals surface area (Å²) in [5.41, 5.74) is 12.1. The van der Waals surface area contributed by atoms with Gasteiger partial charge in [0, 0.05) is 11.8 Å². The Kier molecular flexibility index (Phi) is 4.84. The Morgan fingerprint density at radius 2 is 1.96 bits per heavy atom. The molecule has 0 unspecified atom stereocenters. The summed E-state index contributed by atoms with van der Waals surface area (Å²) in [4.78, 5) is 22.9. The molecule has 2 heterocycles. The Balaban J connectivity index is 2.24. The second-order valence-corrected chi connectivity index (χ2v) is 6.95. The van der Waals surface area contributed by atoms with Gasteiger partial charge in [-0.25, -0.2) is 9.97 Å². The molecule has 140 valence electrons. The molecule has 3 rings (SSSR count). The van der Waals surface area contributed by atoms with E-state index in [4.69, 9.17) is 11.5 Å². The van der Waals surface area contributed by atoms with Gasteiger partial charge in [-0.05, 0) is 53.3 Å². The molecular weight excluding hydrogens is 474 g/mol. The molecule has 5 N–H and O–H groups in total. The van der Waals surface area contributed by atoms with Crippen molar-refractivity contribution < 1.29 is 18.0 Å². The second kappa shape index (κ2) is 6.83. The number of H-pyrrole nitrogens is 1. The zero-order valence-electron chi connectivity index (χ0n) is 13.9. The van der Waals surface area contributed by atoms with E-state index in [1.54, 1.807) is 6.92 Å². The number of primary amides is 1. The van der Waals surface area contributed by atoms with Crippen LogP contribution in [0.1, 0.15) is 21.5 Å². The Morgan fingerprint density at radius 1 is 1.26 bits per heavy atom. The molecule has 0 radical (unpaired) electrons. The molecular formula is C17H13F3IN5O. The van der Waals surface area contributed by atoms with Crippen molar-refractivity contribution >= 4 is 34.4 Å². The summed E-state index contributed by atoms with van der Waals surface area (Å²) in [5.74, 6) is -0.751. The first kappa shape index (κ1) is 19.1. The molecule has 6 nitrogen and oxygen atoms in total. The van der Waals surface area contributed by atoms with Crippen molar-refractivity contribution in [1.82, 2.24) is 15.0 Å². The monoisotopic (exact) mass is 487 g/mol. The fourth-order valence-electron chi connectivity index (χ4n) is 2.63. The van der Waals surface area contributed by atoms with Crippen molar-refractivity contribution in [3.05, 3.63) is 50.7 Å². The Hall–Kier alpha value is -2.63. The average Bonchev–Trinajstić information content (AvgIpc) is 3.01. The van der Waals surface area contributed by atoms with Gasteiger partial charge in [0.2, 0.25) is 5.95 Å². The van der Waals surface area contributed by atoms with Crippen LogP contribution in [0, 0.1) is 10.5 Å². The van der Waals surface area contributed by atoms with E-state index in [9.17, 15) is 18.0 Å². The van der Waals surface area contributed by atoms with Crippen LogP contribution in [0.2, 0.25) is 0 Å². The van der Waals surface area contributed by atoms with E-state index in [0.29, 0.717) is 20.5 Å². The number of aromatic nitrogens is 3. The first-order valence-electron chi connectivity index (χ1n) is 7.57. The third-order valence-corrected chi connectivity index (χ3v) is 4.72. The lowest BCUT2D eigenvalue weighted by molar-refractivity contribution is -0.137. The van der Waals surface area contributed by atoms with Gasteiger partial charge in [-0.1, -0.05) is 6.07 Å². The minimum absolute atomic E-state index is 0.0254. The number of carbonyl (C=O) groups is 1. The van der Waals surface area contributed by atoms with Crippen LogP contribution in [0.25, 0.3) is 22.6 Å². The zero-order valence-corrected chi connectivity index (χ0v) is 16.0. The molecule has 0 saturated heterocycles. The normalized spacial score (nSPS) is 11.6. The molecule has 2 aromatic heterocycles. The number of aryl methyl sites for hydroxylation is 1. The number of halogens is 4. The predicted octanol–water partition coefficient (Wildman–Crippen LogP) is 3.75. The number of nitrogens with two attached hydrogens (primary N) is 2. The quantitative estimate of drug-likeness (QED) is 0.489. The van der Waals surface area contributed by atoms with E-state index in [-0.39, 0.29) is 22.8 Å². The van der Waals surface area contributed by atoms with E-state index in [1.807, 2.05) is 22.6 Å². The number of rotatable bonds is 3. The lowest BCUT2D eigenvalue weighted by Crippen LogP contribution is -2.11. The lowest BCUT2D eigenvalue weighted by atomic mass is 9.99. The molecule has 0 bridgehead atoms. The summed E-state index contributed by atoms with van der Waals surface area (Å²) < 4.78 is 40.0. The molecule has 1 aromatic carbocycles. The van der Waals surface area contributed by atoms with Crippen LogP contribution in [0.5, 0.6) is 0 Å². The summed E-state index contributed by atoms with van der Waals surface area (Å²) in [7, 11) is 0. The van der Waals surface area contributed by atoms with Gasteiger partial charge < -0.3 is 16.5 Å². The number of anilines is 1. The number of hydrogen-bond acceptors (Lipinski definition) is 4. The van der Waals surface area contributed by atoms with Gasteiger partial charge in [-0.3, -0.25) is 4.79 Å². The van der Waals surface area contributed by atoms with Crippen molar-refractivity contribution in [3.63, 3.8) is 0 Å². The van der Waals surface area contributed by atoms with Crippen LogP contribution in [0.15, 0.2) is 30.5 Å². The fraction of sp³-hybridized carbons (Fsp3) is 0.118. The van der Waals surface area contributed by atoms with Gasteiger partial charge >= 0.3 is 6.18 Å². The molecule has 0 saturated carbocycles. The smallest absolute Gasteiger partial charge is 0.368 e. The molecule has 10 heteroatoms. The molecule has 27 heavy (non-hydrogen) atoms. The Bertz CT molecular complexity index is 1050. The minimum atomic E-state index is -4.51. The fourth-order valence-corrected chi connectivity index (χ4v) is 3.18. The van der Waals surface area contributed by atoms with E-state index >= 15 is 0 Å². The number of alkyl halides is 3. The number of carbonyl (C=O) groups excluding carboxylic acids is 1. The van der Waals surface area contributed by atoms with Crippen LogP contribution in [-0.4, -0.2) is 20.9 Å². The highest BCUT2D eigenvalue weighted by Crippen LogP contribution is 2.36. The molecule has 3 aromatic rings. The first-order valence-corrected chi connectivity index (χ1v) is 8.65. The maximum atomic E-state index is 13.1. The Morgan fingerprint density at radius 3 is 2.59 bits per heavy atom. The number of benzene rings is 1. The molecule has 0 atom stereocenters. The molecule has 0 aliphatic carbocycles. The molecule has 0 aliphatic rings. The van der Waals surface area contributed by atoms with E-state index < -0.39 is 17.6 Å². The first-order chi connectivity index (χ1) is 12.6. The van der Waals surface area contributed by atoms with Crippen LogP contribution in [0.3, 0.4) is 0 Å². The van der Waals surface area contributed by atoms with Crippen LogP contribution in [0.4, 0.5) is 19.1 Å². The van der Waals surface area contributed by atoms with Gasteiger partial charge in [0.05, 0.1) is 26.1 Å². The van der Waals surface area contributed by atoms with Gasteiger partial charge in [0.1, 0.15) is 5.69 Å². The molecule has 0 spiro atoms. The Labute approximate surface area is 165 Å². The van der Waals surface area contributed by atoms with Crippen LogP contribution >= 0.6 is 22.6 Å². The number of nitrogen functional groups attached to an aromatic ring is 1. The van der Waals surface area contributed by atoms with E-state index in [0.717, 1.165) is 12.1 Å². The standard InChI is InChI=1S/C17H13F3IN5O/c1-7-2-3-8(17(18,19)20)4-9(7)13-10(15(22)27)5-12(25-13)14-11(21)6-24-16(23)26-14/h2-6,25H,1H3,(H2,22,27)(H2,23,24,26). The van der Waals surface area contributed by atoms with Crippen molar-refractivity contribution in [2.45, 2.75) is 13.1 Å². The number of amides is 1. The third kappa shape index (κ3) is 3.75. The number of nitrogens with zero attached hydrogens (tertiary/aromatic N) is 2. The number of hydrogen-bond donors (Lipinski definition) is 3. The van der Waals surface area contributed by atoms with E-state index in [2.05, 4.69) is 15.0 Å². The van der Waals surface area contributed by atoms with Gasteiger partial charge in [0.25, 0.3) is 5.91 Å². The van der Waals surface area contributed by atoms with Gasteiger partial charge in [0.15, 0.2) is 0 Å². The summed E-state index contributed by atoms with van der Waals surface area (Å²) >= 11 is 1.99. The van der Waals surface area contributed by atoms with Gasteiger partial charge in [-0.15, -0.1) is 0 Å². The number of nitrogens with one attached hydrogen (secondary N) is 1. The highest BCUT2D eigenvalue weighted by atomic mass is 127. The third-order valence-electron chi connectivity index (χ3n) is 3.94. The highest BCUT2D eigenvalue weighted by Gasteiger charge is 2.31. The van der Waals surface area contributed by atoms with Crippen molar-refractivity contribution in [2.75, 3.05) is 5.73 Å². The zero-order chi connectivity index (χ0) is 19.9. The van der Waals surface area contributed by atoms with Crippen LogP contribution in [-0.2, 0) is 6.18 Å². The average molecular weight is 487 g/mol. The SMILES string of the molecule is Cc1ccc(C(F)(F)F)cc1-c1[nH]c(-c2nc(N)ncc2I)cc1C(N)=O. The minimum Gasteiger partial charge on any atom is -0.368 e. The van der Waals surface area contributed by atoms with Crippen molar-refractivity contribution in [1.29, 1.82) is 0 Å². The maximum Gasteiger partial charge on any atom is 0.416 e. The largest absolute Gasteiger partial charge is 0.416 e. The molecule has 0 aliphatic heterocycles. The lowest BCUT2D eigenvalue weighted by Gasteiger charge is -2.11. The van der Waals surface area contributed by atoms with Crippen molar-refractivity contribution in [3.8, 4) is 22.6 Å². The topological polar surface area (TPSA) is 111 Å². The summed E-state index contributed by atoms with van der Waals surface area (Å²) in [5, 5.41) is 0. The predicted molar refractivity (Wildman–Crippen MR) is 103 cm³/mol. The highest BCUT2D eigenvalue weighted by molar-refractivity contribution is 14.1. The number of aromatic amines is 1. The molecule has 1 amide bonds. The molecule has 0 fully saturated rings. The summed E-state index contributed by atoms with van der Waals surface area (Å²) in [6.45, 7) is 1.65. The summed E-state index contributed by atoms with van der Waals surface area (Å²) in [6, 6.07) is 4.76.